The molecule has 1 heterocycles. The first-order valence-corrected chi connectivity index (χ1v) is 5.27. The molecule has 6 nitrogen and oxygen atoms in total. The molecule has 2 amide bonds. The van der Waals surface area contributed by atoms with E-state index in [4.69, 9.17) is 9.86 Å². The van der Waals surface area contributed by atoms with Crippen molar-refractivity contribution >= 4 is 30.7 Å². The molecule has 0 aromatic heterocycles. The average Bonchev–Trinajstić information content (AvgIpc) is 2.70. The van der Waals surface area contributed by atoms with Gasteiger partial charge >= 0.3 is 13.5 Å². The van der Waals surface area contributed by atoms with Gasteiger partial charge in [-0.3, -0.25) is 9.59 Å². The Morgan fingerprint density at radius 1 is 1.17 bits per heavy atom. The maximum absolute atomic E-state index is 11.7. The lowest BCUT2D eigenvalue weighted by Gasteiger charge is -2.12. The van der Waals surface area contributed by atoms with Crippen LogP contribution in [0.5, 0.6) is 0 Å². The van der Waals surface area contributed by atoms with Crippen molar-refractivity contribution < 1.29 is 24.2 Å². The van der Waals surface area contributed by atoms with Crippen LogP contribution in [0.25, 0.3) is 0 Å². The lowest BCUT2D eigenvalue weighted by Crippen LogP contribution is -2.32. The van der Waals surface area contributed by atoms with E-state index in [2.05, 4.69) is 0 Å². The van der Waals surface area contributed by atoms with Gasteiger partial charge in [0.1, 0.15) is 0 Å². The van der Waals surface area contributed by atoms with Gasteiger partial charge in [-0.05, 0) is 12.1 Å². The maximum atomic E-state index is 11.7. The Balaban J connectivity index is 2.07. The third kappa shape index (κ3) is 2.40. The maximum Gasteiger partial charge on any atom is 0.363 e. The molecular weight excluding hydrogens is 237 g/mol. The summed E-state index contributed by atoms with van der Waals surface area (Å²) < 4.78 is 0. The van der Waals surface area contributed by atoms with Crippen molar-refractivity contribution in [2.24, 2.45) is 0 Å². The van der Waals surface area contributed by atoms with Crippen molar-refractivity contribution in [1.82, 2.24) is 5.06 Å². The summed E-state index contributed by atoms with van der Waals surface area (Å²) >= 11 is 0. The highest BCUT2D eigenvalue weighted by atomic mass is 16.7. The van der Waals surface area contributed by atoms with Gasteiger partial charge in [-0.1, -0.05) is 17.6 Å². The number of nitrogens with zero attached hydrogens (tertiary/aromatic N) is 1. The molecule has 1 aromatic rings. The van der Waals surface area contributed by atoms with Gasteiger partial charge in [0.25, 0.3) is 11.8 Å². The highest BCUT2D eigenvalue weighted by Crippen LogP contribution is 2.13. The zero-order valence-electron chi connectivity index (χ0n) is 9.33. The smallest absolute Gasteiger partial charge is 0.363 e. The number of hydroxylamine groups is 2. The third-order valence-electron chi connectivity index (χ3n) is 2.48. The highest BCUT2D eigenvalue weighted by Gasteiger charge is 2.33. The van der Waals surface area contributed by atoms with E-state index in [0.29, 0.717) is 10.5 Å². The van der Waals surface area contributed by atoms with Crippen LogP contribution in [0.15, 0.2) is 24.3 Å². The minimum atomic E-state index is -0.789. The van der Waals surface area contributed by atoms with Gasteiger partial charge < -0.3 is 9.86 Å². The van der Waals surface area contributed by atoms with Crippen LogP contribution in [0.4, 0.5) is 0 Å². The summed E-state index contributed by atoms with van der Waals surface area (Å²) in [6, 6.07) is 5.86. The lowest BCUT2D eigenvalue weighted by molar-refractivity contribution is -0.172. The van der Waals surface area contributed by atoms with Gasteiger partial charge in [-0.25, -0.2) is 4.79 Å². The highest BCUT2D eigenvalue weighted by molar-refractivity contribution is 6.45. The number of amides is 2. The molecule has 7 heteroatoms. The Kier molecular flexibility index (Phi) is 3.43. The van der Waals surface area contributed by atoms with Crippen LogP contribution in [0.2, 0.25) is 0 Å². The lowest BCUT2D eigenvalue weighted by atomic mass is 9.88. The SMILES string of the molecule is O=C(ON1C(=O)CCC1=O)c1ccc([B]O)cc1. The van der Waals surface area contributed by atoms with Gasteiger partial charge in [0, 0.05) is 12.8 Å². The predicted molar refractivity (Wildman–Crippen MR) is 60.6 cm³/mol. The summed E-state index contributed by atoms with van der Waals surface area (Å²) in [5.41, 5.74) is 0.716. The second kappa shape index (κ2) is 5.01. The van der Waals surface area contributed by atoms with Crippen molar-refractivity contribution in [2.75, 3.05) is 0 Å². The van der Waals surface area contributed by atoms with Crippen molar-refractivity contribution in [3.05, 3.63) is 29.8 Å². The summed E-state index contributed by atoms with van der Waals surface area (Å²) in [5.74, 6) is -1.83. The van der Waals surface area contributed by atoms with Crippen LogP contribution in [-0.2, 0) is 14.4 Å². The average molecular weight is 246 g/mol. The fourth-order valence-electron chi connectivity index (χ4n) is 1.50. The monoisotopic (exact) mass is 246 g/mol. The Hall–Kier alpha value is -2.15. The van der Waals surface area contributed by atoms with E-state index in [9.17, 15) is 14.4 Å². The Labute approximate surface area is 103 Å². The van der Waals surface area contributed by atoms with E-state index >= 15 is 0 Å². The van der Waals surface area contributed by atoms with E-state index in [0.717, 1.165) is 7.48 Å². The molecule has 0 unspecified atom stereocenters. The zero-order valence-corrected chi connectivity index (χ0v) is 9.33. The van der Waals surface area contributed by atoms with Gasteiger partial charge in [0.15, 0.2) is 0 Å². The summed E-state index contributed by atoms with van der Waals surface area (Å²) in [7, 11) is 0.892. The van der Waals surface area contributed by atoms with Crippen molar-refractivity contribution in [3.8, 4) is 0 Å². The van der Waals surface area contributed by atoms with Crippen LogP contribution in [0.1, 0.15) is 23.2 Å². The summed E-state index contributed by atoms with van der Waals surface area (Å²) in [6.45, 7) is 0. The first-order chi connectivity index (χ1) is 8.61. The first-order valence-electron chi connectivity index (χ1n) is 5.27. The minimum absolute atomic E-state index is 0.0600. The second-order valence-electron chi connectivity index (χ2n) is 3.71. The molecule has 91 valence electrons. The first kappa shape index (κ1) is 12.3. The Morgan fingerprint density at radius 2 is 1.72 bits per heavy atom. The molecule has 1 fully saturated rings. The molecule has 1 aliphatic heterocycles. The van der Waals surface area contributed by atoms with Crippen molar-refractivity contribution in [1.29, 1.82) is 0 Å². The van der Waals surface area contributed by atoms with Gasteiger partial charge in [-0.2, -0.15) is 0 Å². The number of benzene rings is 1. The molecule has 0 saturated carbocycles. The zero-order chi connectivity index (χ0) is 13.1. The van der Waals surface area contributed by atoms with Crippen LogP contribution in [-0.4, -0.2) is 35.4 Å². The number of imide groups is 1. The summed E-state index contributed by atoms with van der Waals surface area (Å²) in [5, 5.41) is 9.22. The normalized spacial score (nSPS) is 14.8. The Morgan fingerprint density at radius 3 is 2.22 bits per heavy atom. The number of rotatable bonds is 3. The molecule has 1 saturated heterocycles. The molecule has 1 radical (unpaired) electrons. The van der Waals surface area contributed by atoms with E-state index in [1.807, 2.05) is 0 Å². The van der Waals surface area contributed by atoms with E-state index < -0.39 is 17.8 Å². The largest absolute Gasteiger partial charge is 0.450 e. The molecule has 1 aromatic carbocycles. The molecule has 2 rings (SSSR count). The molecule has 0 bridgehead atoms. The minimum Gasteiger partial charge on any atom is -0.450 e. The number of carbonyl (C=O) groups excluding carboxylic acids is 3. The van der Waals surface area contributed by atoms with Crippen LogP contribution < -0.4 is 5.46 Å². The van der Waals surface area contributed by atoms with E-state index in [-0.39, 0.29) is 18.4 Å². The second-order valence-corrected chi connectivity index (χ2v) is 3.71. The standard InChI is InChI=1S/C11H9BNO5/c14-9-5-6-10(15)13(9)18-11(16)7-1-3-8(12-17)4-2-7/h1-4,17H,5-6H2. The van der Waals surface area contributed by atoms with Gasteiger partial charge in [-0.15, -0.1) is 5.06 Å². The number of hydrogen-bond donors (Lipinski definition) is 1. The Bertz CT molecular complexity index is 483. The topological polar surface area (TPSA) is 83.9 Å². The van der Waals surface area contributed by atoms with Crippen LogP contribution in [0, 0.1) is 0 Å². The van der Waals surface area contributed by atoms with Crippen LogP contribution in [0.3, 0.4) is 0 Å². The number of hydrogen-bond acceptors (Lipinski definition) is 5. The molecule has 18 heavy (non-hydrogen) atoms. The summed E-state index contributed by atoms with van der Waals surface area (Å²) in [6.07, 6.45) is 0.120. The van der Waals surface area contributed by atoms with Gasteiger partial charge in [0.2, 0.25) is 0 Å². The summed E-state index contributed by atoms with van der Waals surface area (Å²) in [4.78, 5) is 38.9. The van der Waals surface area contributed by atoms with E-state index in [1.165, 1.54) is 24.3 Å². The molecule has 1 N–H and O–H groups in total. The van der Waals surface area contributed by atoms with Crippen molar-refractivity contribution in [3.63, 3.8) is 0 Å². The molecule has 0 aliphatic carbocycles. The predicted octanol–water partition coefficient (Wildman–Crippen LogP) is -0.856. The molecule has 0 atom stereocenters. The van der Waals surface area contributed by atoms with Gasteiger partial charge in [0.05, 0.1) is 5.56 Å². The molecular formula is C11H9BNO5. The fraction of sp³-hybridized carbons (Fsp3) is 0.182. The third-order valence-corrected chi connectivity index (χ3v) is 2.48. The van der Waals surface area contributed by atoms with E-state index in [1.54, 1.807) is 0 Å². The fourth-order valence-corrected chi connectivity index (χ4v) is 1.50. The quantitative estimate of drug-likeness (QED) is 0.554. The number of carbonyl (C=O) groups is 3. The molecule has 0 spiro atoms. The van der Waals surface area contributed by atoms with Crippen LogP contribution >= 0.6 is 0 Å². The molecule has 1 aliphatic rings. The van der Waals surface area contributed by atoms with Crippen molar-refractivity contribution in [2.45, 2.75) is 12.8 Å².